The fourth-order valence-corrected chi connectivity index (χ4v) is 1.70. The summed E-state index contributed by atoms with van der Waals surface area (Å²) in [5.41, 5.74) is 1.14. The zero-order valence-corrected chi connectivity index (χ0v) is 12.9. The van der Waals surface area contributed by atoms with Crippen LogP contribution < -0.4 is 15.4 Å². The summed E-state index contributed by atoms with van der Waals surface area (Å²) in [6.45, 7) is 7.64. The average Bonchev–Trinajstić information content (AvgIpc) is 2.44. The van der Waals surface area contributed by atoms with Crippen molar-refractivity contribution >= 4 is 5.91 Å². The van der Waals surface area contributed by atoms with Crippen LogP contribution in [0.1, 0.15) is 32.8 Å². The molecule has 0 saturated carbocycles. The number of hydrogen-bond donors (Lipinski definition) is 2. The molecule has 1 rings (SSSR count). The van der Waals surface area contributed by atoms with E-state index >= 15 is 0 Å². The summed E-state index contributed by atoms with van der Waals surface area (Å²) in [6, 6.07) is 7.80. The van der Waals surface area contributed by atoms with E-state index in [9.17, 15) is 4.79 Å². The van der Waals surface area contributed by atoms with Crippen molar-refractivity contribution < 1.29 is 9.53 Å². The third kappa shape index (κ3) is 6.06. The zero-order chi connectivity index (χ0) is 15.0. The molecule has 4 heteroatoms. The van der Waals surface area contributed by atoms with E-state index in [2.05, 4.69) is 24.5 Å². The smallest absolute Gasteiger partial charge is 0.236 e. The number of benzene rings is 1. The molecular weight excluding hydrogens is 252 g/mol. The number of likely N-dealkylation sites (N-methyl/N-ethyl adjacent to an activating group) is 1. The zero-order valence-electron chi connectivity index (χ0n) is 12.9. The van der Waals surface area contributed by atoms with Crippen molar-refractivity contribution in [1.82, 2.24) is 10.6 Å². The summed E-state index contributed by atoms with van der Waals surface area (Å²) in [4.78, 5) is 11.4. The van der Waals surface area contributed by atoms with E-state index in [1.807, 2.05) is 31.2 Å². The van der Waals surface area contributed by atoms with Gasteiger partial charge in [-0.1, -0.05) is 26.0 Å². The molecule has 1 amide bonds. The Morgan fingerprint density at radius 1 is 1.20 bits per heavy atom. The number of rotatable bonds is 8. The molecule has 0 heterocycles. The lowest BCUT2D eigenvalue weighted by molar-refractivity contribution is -0.122. The Hall–Kier alpha value is -1.55. The second-order valence-electron chi connectivity index (χ2n) is 5.39. The van der Waals surface area contributed by atoms with E-state index in [-0.39, 0.29) is 11.9 Å². The number of amides is 1. The number of nitrogens with one attached hydrogen (secondary N) is 2. The molecule has 112 valence electrons. The van der Waals surface area contributed by atoms with Crippen molar-refractivity contribution in [2.45, 2.75) is 39.8 Å². The maximum atomic E-state index is 11.4. The van der Waals surface area contributed by atoms with Crippen molar-refractivity contribution in [3.8, 4) is 5.75 Å². The first kappa shape index (κ1) is 16.5. The van der Waals surface area contributed by atoms with E-state index in [4.69, 9.17) is 4.74 Å². The Bertz CT molecular complexity index is 401. The van der Waals surface area contributed by atoms with Crippen LogP contribution in [0.5, 0.6) is 5.75 Å². The number of carbonyl (C=O) groups is 1. The molecule has 0 bridgehead atoms. The summed E-state index contributed by atoms with van der Waals surface area (Å²) in [5, 5.41) is 5.80. The van der Waals surface area contributed by atoms with Crippen LogP contribution in [0.3, 0.4) is 0 Å². The Morgan fingerprint density at radius 2 is 1.85 bits per heavy atom. The van der Waals surface area contributed by atoms with Gasteiger partial charge in [0.2, 0.25) is 5.91 Å². The van der Waals surface area contributed by atoms with Crippen molar-refractivity contribution in [2.75, 3.05) is 13.7 Å². The van der Waals surface area contributed by atoms with Crippen LogP contribution >= 0.6 is 0 Å². The molecule has 1 aromatic carbocycles. The van der Waals surface area contributed by atoms with E-state index in [1.165, 1.54) is 0 Å². The number of hydrogen-bond acceptors (Lipinski definition) is 3. The summed E-state index contributed by atoms with van der Waals surface area (Å²) in [6.07, 6.45) is 1.06. The third-order valence-corrected chi connectivity index (χ3v) is 3.14. The van der Waals surface area contributed by atoms with Gasteiger partial charge in [-0.25, -0.2) is 0 Å². The van der Waals surface area contributed by atoms with Crippen LogP contribution in [0.2, 0.25) is 0 Å². The summed E-state index contributed by atoms with van der Waals surface area (Å²) < 4.78 is 5.67. The van der Waals surface area contributed by atoms with Gasteiger partial charge in [0.15, 0.2) is 0 Å². The standard InChI is InChI=1S/C16H26N2O2/c1-12(2)9-10-20-15-7-5-14(6-8-15)11-18-13(3)16(19)17-4/h5-8,12-13,18H,9-11H2,1-4H3,(H,17,19). The largest absolute Gasteiger partial charge is 0.494 e. The summed E-state index contributed by atoms with van der Waals surface area (Å²) >= 11 is 0. The molecule has 4 nitrogen and oxygen atoms in total. The summed E-state index contributed by atoms with van der Waals surface area (Å²) in [5.74, 6) is 1.55. The first-order valence-electron chi connectivity index (χ1n) is 7.19. The van der Waals surface area contributed by atoms with E-state index in [0.717, 1.165) is 24.3 Å². The molecule has 0 aromatic heterocycles. The fraction of sp³-hybridized carbons (Fsp3) is 0.562. The molecule has 1 aromatic rings. The second kappa shape index (κ2) is 8.59. The highest BCUT2D eigenvalue weighted by Crippen LogP contribution is 2.13. The quantitative estimate of drug-likeness (QED) is 0.767. The van der Waals surface area contributed by atoms with Crippen LogP contribution in [-0.2, 0) is 11.3 Å². The van der Waals surface area contributed by atoms with E-state index in [0.29, 0.717) is 12.5 Å². The monoisotopic (exact) mass is 278 g/mol. The maximum absolute atomic E-state index is 11.4. The molecule has 0 spiro atoms. The minimum atomic E-state index is -0.193. The van der Waals surface area contributed by atoms with Gasteiger partial charge in [0, 0.05) is 13.6 Å². The van der Waals surface area contributed by atoms with Crippen molar-refractivity contribution in [2.24, 2.45) is 5.92 Å². The molecule has 0 radical (unpaired) electrons. The van der Waals surface area contributed by atoms with Gasteiger partial charge in [0.1, 0.15) is 5.75 Å². The van der Waals surface area contributed by atoms with Gasteiger partial charge in [-0.15, -0.1) is 0 Å². The lowest BCUT2D eigenvalue weighted by atomic mass is 10.1. The normalized spacial score (nSPS) is 12.2. The fourth-order valence-electron chi connectivity index (χ4n) is 1.70. The predicted molar refractivity (Wildman–Crippen MR) is 81.8 cm³/mol. The lowest BCUT2D eigenvalue weighted by Gasteiger charge is -2.13. The van der Waals surface area contributed by atoms with Crippen molar-refractivity contribution in [3.63, 3.8) is 0 Å². The van der Waals surface area contributed by atoms with Gasteiger partial charge in [-0.05, 0) is 37.0 Å². The van der Waals surface area contributed by atoms with Crippen LogP contribution in [-0.4, -0.2) is 25.6 Å². The second-order valence-corrected chi connectivity index (χ2v) is 5.39. The molecule has 0 aliphatic heterocycles. The average molecular weight is 278 g/mol. The third-order valence-electron chi connectivity index (χ3n) is 3.14. The Labute approximate surface area is 121 Å². The number of ether oxygens (including phenoxy) is 1. The number of carbonyl (C=O) groups excluding carboxylic acids is 1. The minimum absolute atomic E-state index is 0.00126. The Balaban J connectivity index is 2.37. The van der Waals surface area contributed by atoms with Gasteiger partial charge in [-0.3, -0.25) is 4.79 Å². The Kier molecular flexibility index (Phi) is 7.09. The lowest BCUT2D eigenvalue weighted by Crippen LogP contribution is -2.40. The van der Waals surface area contributed by atoms with Gasteiger partial charge in [-0.2, -0.15) is 0 Å². The molecule has 0 fully saturated rings. The van der Waals surface area contributed by atoms with Gasteiger partial charge in [0.05, 0.1) is 12.6 Å². The first-order valence-corrected chi connectivity index (χ1v) is 7.19. The first-order chi connectivity index (χ1) is 9.52. The molecule has 0 aliphatic rings. The van der Waals surface area contributed by atoms with Gasteiger partial charge in [0.25, 0.3) is 0 Å². The van der Waals surface area contributed by atoms with Crippen molar-refractivity contribution in [3.05, 3.63) is 29.8 Å². The van der Waals surface area contributed by atoms with Crippen LogP contribution in [0, 0.1) is 5.92 Å². The molecular formula is C16H26N2O2. The highest BCUT2D eigenvalue weighted by Gasteiger charge is 2.09. The molecule has 0 saturated heterocycles. The topological polar surface area (TPSA) is 50.4 Å². The van der Waals surface area contributed by atoms with E-state index < -0.39 is 0 Å². The predicted octanol–water partition coefficient (Wildman–Crippen LogP) is 2.34. The van der Waals surface area contributed by atoms with E-state index in [1.54, 1.807) is 7.05 Å². The molecule has 20 heavy (non-hydrogen) atoms. The molecule has 0 aliphatic carbocycles. The van der Waals surface area contributed by atoms with Crippen LogP contribution in [0.15, 0.2) is 24.3 Å². The maximum Gasteiger partial charge on any atom is 0.236 e. The highest BCUT2D eigenvalue weighted by atomic mass is 16.5. The highest BCUT2D eigenvalue weighted by molar-refractivity contribution is 5.80. The SMILES string of the molecule is CNC(=O)C(C)NCc1ccc(OCCC(C)C)cc1. The minimum Gasteiger partial charge on any atom is -0.494 e. The van der Waals surface area contributed by atoms with Gasteiger partial charge >= 0.3 is 0 Å². The van der Waals surface area contributed by atoms with Crippen LogP contribution in [0.4, 0.5) is 0 Å². The summed E-state index contributed by atoms with van der Waals surface area (Å²) in [7, 11) is 1.64. The van der Waals surface area contributed by atoms with Crippen LogP contribution in [0.25, 0.3) is 0 Å². The molecule has 1 atom stereocenters. The van der Waals surface area contributed by atoms with Crippen molar-refractivity contribution in [1.29, 1.82) is 0 Å². The van der Waals surface area contributed by atoms with Gasteiger partial charge < -0.3 is 15.4 Å². The molecule has 1 unspecified atom stereocenters. The Morgan fingerprint density at radius 3 is 2.40 bits per heavy atom. The molecule has 2 N–H and O–H groups in total.